The molecule has 2 fully saturated rings. The van der Waals surface area contributed by atoms with Crippen molar-refractivity contribution in [3.63, 3.8) is 0 Å². The summed E-state index contributed by atoms with van der Waals surface area (Å²) in [5.74, 6) is 0.489. The third kappa shape index (κ3) is 3.50. The molecule has 2 aromatic rings. The van der Waals surface area contributed by atoms with E-state index in [9.17, 15) is 4.79 Å². The Kier molecular flexibility index (Phi) is 4.65. The topological polar surface area (TPSA) is 102 Å². The number of carbonyl (C=O) groups excluding carboxylic acids is 1. The molecule has 9 heteroatoms. The Balaban J connectivity index is 1.34. The second kappa shape index (κ2) is 6.88. The summed E-state index contributed by atoms with van der Waals surface area (Å²) in [5.41, 5.74) is 7.26. The van der Waals surface area contributed by atoms with Crippen LogP contribution in [0.3, 0.4) is 0 Å². The van der Waals surface area contributed by atoms with E-state index in [2.05, 4.69) is 14.9 Å². The molecule has 0 aliphatic carbocycles. The van der Waals surface area contributed by atoms with E-state index in [0.29, 0.717) is 17.9 Å². The number of piperidine rings is 1. The van der Waals surface area contributed by atoms with E-state index in [-0.39, 0.29) is 6.09 Å². The molecule has 0 radical (unpaired) electrons. The molecule has 152 valence electrons. The molecule has 0 bridgehead atoms. The number of rotatable bonds is 2. The van der Waals surface area contributed by atoms with Crippen LogP contribution in [0.25, 0.3) is 11.0 Å². The van der Waals surface area contributed by atoms with Gasteiger partial charge in [-0.2, -0.15) is 5.10 Å². The van der Waals surface area contributed by atoms with Crippen molar-refractivity contribution in [1.29, 1.82) is 0 Å². The zero-order chi connectivity index (χ0) is 20.1. The summed E-state index contributed by atoms with van der Waals surface area (Å²) in [6.07, 6.45) is 3.30. The fourth-order valence-electron chi connectivity index (χ4n) is 4.08. The van der Waals surface area contributed by atoms with Crippen molar-refractivity contribution in [3.8, 4) is 0 Å². The van der Waals surface area contributed by atoms with Crippen LogP contribution >= 0.6 is 0 Å². The SMILES string of the molecule is Cc1nn(C2CCN(C3CN(C(=O)OC(C)(C)C)C3)CC2)c2ncnc(N)c12. The molecule has 0 atom stereocenters. The van der Waals surface area contributed by atoms with Gasteiger partial charge in [-0.25, -0.2) is 19.4 Å². The number of fused-ring (bicyclic) bond motifs is 1. The van der Waals surface area contributed by atoms with Gasteiger partial charge in [0.1, 0.15) is 17.7 Å². The van der Waals surface area contributed by atoms with Gasteiger partial charge in [-0.3, -0.25) is 4.90 Å². The van der Waals surface area contributed by atoms with Gasteiger partial charge in [-0.05, 0) is 40.5 Å². The molecule has 2 aliphatic rings. The molecule has 0 spiro atoms. The number of hydrogen-bond donors (Lipinski definition) is 1. The average Bonchev–Trinajstić information content (AvgIpc) is 2.91. The zero-order valence-corrected chi connectivity index (χ0v) is 17.1. The monoisotopic (exact) mass is 387 g/mol. The second-order valence-corrected chi connectivity index (χ2v) is 8.79. The van der Waals surface area contributed by atoms with Crippen molar-refractivity contribution in [1.82, 2.24) is 29.5 Å². The Morgan fingerprint density at radius 2 is 1.86 bits per heavy atom. The molecule has 2 aromatic heterocycles. The Labute approximate surface area is 164 Å². The van der Waals surface area contributed by atoms with Crippen molar-refractivity contribution < 1.29 is 9.53 Å². The van der Waals surface area contributed by atoms with Gasteiger partial charge in [0.25, 0.3) is 0 Å². The third-order valence-electron chi connectivity index (χ3n) is 5.57. The van der Waals surface area contributed by atoms with Crippen LogP contribution in [-0.2, 0) is 4.74 Å². The highest BCUT2D eigenvalue weighted by molar-refractivity contribution is 5.87. The Morgan fingerprint density at radius 3 is 2.50 bits per heavy atom. The predicted octanol–water partition coefficient (Wildman–Crippen LogP) is 1.97. The normalized spacial score (nSPS) is 19.8. The largest absolute Gasteiger partial charge is 0.444 e. The lowest BCUT2D eigenvalue weighted by Gasteiger charge is -2.47. The Morgan fingerprint density at radius 1 is 1.18 bits per heavy atom. The molecule has 28 heavy (non-hydrogen) atoms. The number of nitrogens with two attached hydrogens (primary N) is 1. The number of carbonyl (C=O) groups is 1. The number of aromatic nitrogens is 4. The molecule has 2 aliphatic heterocycles. The van der Waals surface area contributed by atoms with Gasteiger partial charge in [0.2, 0.25) is 0 Å². The highest BCUT2D eigenvalue weighted by atomic mass is 16.6. The van der Waals surface area contributed by atoms with Crippen LogP contribution in [0.1, 0.15) is 45.3 Å². The number of aryl methyl sites for hydroxylation is 1. The molecule has 9 nitrogen and oxygen atoms in total. The lowest BCUT2D eigenvalue weighted by atomic mass is 10.00. The molecular formula is C19H29N7O2. The van der Waals surface area contributed by atoms with E-state index in [1.807, 2.05) is 32.4 Å². The highest BCUT2D eigenvalue weighted by Gasteiger charge is 2.38. The summed E-state index contributed by atoms with van der Waals surface area (Å²) in [6.45, 7) is 11.1. The summed E-state index contributed by atoms with van der Waals surface area (Å²) in [6, 6.07) is 0.728. The van der Waals surface area contributed by atoms with Crippen molar-refractivity contribution in [2.75, 3.05) is 31.9 Å². The fourth-order valence-corrected chi connectivity index (χ4v) is 4.08. The molecule has 2 N–H and O–H groups in total. The summed E-state index contributed by atoms with van der Waals surface area (Å²) < 4.78 is 7.46. The quantitative estimate of drug-likeness (QED) is 0.840. The zero-order valence-electron chi connectivity index (χ0n) is 17.1. The van der Waals surface area contributed by atoms with E-state index >= 15 is 0 Å². The van der Waals surface area contributed by atoms with Crippen LogP contribution in [-0.4, -0.2) is 73.5 Å². The third-order valence-corrected chi connectivity index (χ3v) is 5.57. The van der Waals surface area contributed by atoms with Crippen LogP contribution in [0.15, 0.2) is 6.33 Å². The molecule has 0 unspecified atom stereocenters. The van der Waals surface area contributed by atoms with Gasteiger partial charge in [-0.15, -0.1) is 0 Å². The van der Waals surface area contributed by atoms with Crippen LogP contribution < -0.4 is 5.73 Å². The first kappa shape index (κ1) is 18.9. The van der Waals surface area contributed by atoms with Gasteiger partial charge in [0.05, 0.1) is 17.1 Å². The van der Waals surface area contributed by atoms with Crippen LogP contribution in [0.4, 0.5) is 10.6 Å². The predicted molar refractivity (Wildman–Crippen MR) is 106 cm³/mol. The smallest absolute Gasteiger partial charge is 0.410 e. The summed E-state index contributed by atoms with van der Waals surface area (Å²) in [5, 5.41) is 5.55. The minimum Gasteiger partial charge on any atom is -0.444 e. The molecular weight excluding hydrogens is 358 g/mol. The number of hydrogen-bond acceptors (Lipinski definition) is 7. The Bertz CT molecular complexity index is 874. The van der Waals surface area contributed by atoms with Gasteiger partial charge in [0, 0.05) is 32.2 Å². The van der Waals surface area contributed by atoms with E-state index in [0.717, 1.165) is 55.7 Å². The van der Waals surface area contributed by atoms with E-state index in [1.54, 1.807) is 4.90 Å². The van der Waals surface area contributed by atoms with Crippen molar-refractivity contribution in [2.45, 2.75) is 58.2 Å². The van der Waals surface area contributed by atoms with Gasteiger partial charge in [0.15, 0.2) is 5.65 Å². The number of nitrogens with zero attached hydrogens (tertiary/aromatic N) is 6. The number of nitrogen functional groups attached to an aromatic ring is 1. The molecule has 0 saturated carbocycles. The van der Waals surface area contributed by atoms with Crippen molar-refractivity contribution in [2.24, 2.45) is 0 Å². The average molecular weight is 387 g/mol. The first-order valence-electron chi connectivity index (χ1n) is 9.90. The van der Waals surface area contributed by atoms with Crippen LogP contribution in [0, 0.1) is 6.92 Å². The number of amides is 1. The maximum atomic E-state index is 12.1. The maximum Gasteiger partial charge on any atom is 0.410 e. The molecule has 0 aromatic carbocycles. The summed E-state index contributed by atoms with van der Waals surface area (Å²) in [7, 11) is 0. The highest BCUT2D eigenvalue weighted by Crippen LogP contribution is 2.30. The minimum absolute atomic E-state index is 0.214. The van der Waals surface area contributed by atoms with E-state index in [1.165, 1.54) is 6.33 Å². The van der Waals surface area contributed by atoms with Crippen LogP contribution in [0.2, 0.25) is 0 Å². The number of anilines is 1. The molecule has 2 saturated heterocycles. The first-order valence-corrected chi connectivity index (χ1v) is 9.90. The maximum absolute atomic E-state index is 12.1. The van der Waals surface area contributed by atoms with Crippen molar-refractivity contribution in [3.05, 3.63) is 12.0 Å². The summed E-state index contributed by atoms with van der Waals surface area (Å²) >= 11 is 0. The van der Waals surface area contributed by atoms with Crippen LogP contribution in [0.5, 0.6) is 0 Å². The minimum atomic E-state index is -0.446. The van der Waals surface area contributed by atoms with Gasteiger partial charge < -0.3 is 15.4 Å². The Hall–Kier alpha value is -2.42. The van der Waals surface area contributed by atoms with Crippen molar-refractivity contribution >= 4 is 22.9 Å². The first-order chi connectivity index (χ1) is 13.2. The van der Waals surface area contributed by atoms with E-state index in [4.69, 9.17) is 15.6 Å². The molecule has 4 heterocycles. The van der Waals surface area contributed by atoms with E-state index < -0.39 is 5.60 Å². The molecule has 4 rings (SSSR count). The van der Waals surface area contributed by atoms with Gasteiger partial charge >= 0.3 is 6.09 Å². The second-order valence-electron chi connectivity index (χ2n) is 8.79. The standard InChI is InChI=1S/C19H29N7O2/c1-12-15-16(20)21-11-22-17(15)26(23-12)13-5-7-24(8-6-13)14-9-25(10-14)18(27)28-19(2,3)4/h11,13-14H,5-10H2,1-4H3,(H2,20,21,22). The lowest BCUT2D eigenvalue weighted by Crippen LogP contribution is -2.62. The summed E-state index contributed by atoms with van der Waals surface area (Å²) in [4.78, 5) is 24.9. The van der Waals surface area contributed by atoms with Gasteiger partial charge in [-0.1, -0.05) is 0 Å². The molecule has 1 amide bonds. The fraction of sp³-hybridized carbons (Fsp3) is 0.684. The number of ether oxygens (including phenoxy) is 1. The lowest BCUT2D eigenvalue weighted by molar-refractivity contribution is -0.0213. The number of likely N-dealkylation sites (tertiary alicyclic amines) is 2.